The number of ether oxygens (including phenoxy) is 1. The second-order valence-electron chi connectivity index (χ2n) is 5.23. The molecule has 0 saturated heterocycles. The molecule has 1 rings (SSSR count). The number of hydrogen-bond donors (Lipinski definition) is 1. The van der Waals surface area contributed by atoms with Crippen molar-refractivity contribution in [1.29, 1.82) is 0 Å². The summed E-state index contributed by atoms with van der Waals surface area (Å²) in [5, 5.41) is 2.95. The van der Waals surface area contributed by atoms with Gasteiger partial charge >= 0.3 is 5.97 Å². The number of nitrogens with zero attached hydrogens (tertiary/aromatic N) is 1. The summed E-state index contributed by atoms with van der Waals surface area (Å²) in [5.41, 5.74) is 2.99. The molecule has 116 valence electrons. The fourth-order valence-corrected chi connectivity index (χ4v) is 2.11. The van der Waals surface area contributed by atoms with E-state index in [0.29, 0.717) is 25.9 Å². The molecular weight excluding hydrogens is 268 g/mol. The molecule has 1 aromatic rings. The number of para-hydroxylation sites is 1. The van der Waals surface area contributed by atoms with Gasteiger partial charge in [0, 0.05) is 12.1 Å². The highest BCUT2D eigenvalue weighted by Gasteiger charge is 2.10. The lowest BCUT2D eigenvalue weighted by Crippen LogP contribution is -2.31. The molecule has 1 aromatic carbocycles. The van der Waals surface area contributed by atoms with Gasteiger partial charge in [0.15, 0.2) is 0 Å². The first kappa shape index (κ1) is 17.2. The Morgan fingerprint density at radius 1 is 1.24 bits per heavy atom. The number of likely N-dealkylation sites (N-methyl/N-ethyl adjacent to an activating group) is 1. The molecule has 0 aromatic heterocycles. The Kier molecular flexibility index (Phi) is 6.88. The van der Waals surface area contributed by atoms with Crippen molar-refractivity contribution in [2.75, 3.05) is 32.6 Å². The SMILES string of the molecule is COC(=O)CCCN(C)CC(=O)Nc1c(C)cccc1C. The van der Waals surface area contributed by atoms with Crippen molar-refractivity contribution in [2.24, 2.45) is 0 Å². The number of amides is 1. The average molecular weight is 292 g/mol. The average Bonchev–Trinajstić information content (AvgIpc) is 2.42. The number of carbonyl (C=O) groups is 2. The highest BCUT2D eigenvalue weighted by atomic mass is 16.5. The van der Waals surface area contributed by atoms with Gasteiger partial charge in [0.2, 0.25) is 5.91 Å². The Morgan fingerprint density at radius 2 is 1.86 bits per heavy atom. The molecule has 1 N–H and O–H groups in total. The molecule has 5 nitrogen and oxygen atoms in total. The van der Waals surface area contributed by atoms with Crippen LogP contribution >= 0.6 is 0 Å². The maximum absolute atomic E-state index is 12.0. The number of rotatable bonds is 7. The van der Waals surface area contributed by atoms with Crippen molar-refractivity contribution in [3.63, 3.8) is 0 Å². The standard InChI is InChI=1S/C16H24N2O3/c1-12-7-5-8-13(2)16(12)17-14(19)11-18(3)10-6-9-15(20)21-4/h5,7-8H,6,9-11H2,1-4H3,(H,17,19). The van der Waals surface area contributed by atoms with Crippen LogP contribution in [0.15, 0.2) is 18.2 Å². The van der Waals surface area contributed by atoms with Gasteiger partial charge in [-0.05, 0) is 45.0 Å². The van der Waals surface area contributed by atoms with Crippen LogP contribution in [0.25, 0.3) is 0 Å². The van der Waals surface area contributed by atoms with Gasteiger partial charge in [-0.3, -0.25) is 14.5 Å². The Bertz CT molecular complexity index is 480. The van der Waals surface area contributed by atoms with Gasteiger partial charge in [0.1, 0.15) is 0 Å². The van der Waals surface area contributed by atoms with Crippen LogP contribution in [0.5, 0.6) is 0 Å². The molecule has 5 heteroatoms. The third kappa shape index (κ3) is 5.95. The lowest BCUT2D eigenvalue weighted by Gasteiger charge is -2.17. The van der Waals surface area contributed by atoms with Crippen molar-refractivity contribution < 1.29 is 14.3 Å². The molecule has 0 atom stereocenters. The zero-order valence-corrected chi connectivity index (χ0v) is 13.2. The first-order valence-corrected chi connectivity index (χ1v) is 7.05. The summed E-state index contributed by atoms with van der Waals surface area (Å²) in [6, 6.07) is 5.92. The lowest BCUT2D eigenvalue weighted by molar-refractivity contribution is -0.140. The maximum atomic E-state index is 12.0. The van der Waals surface area contributed by atoms with Crippen molar-refractivity contribution in [3.05, 3.63) is 29.3 Å². The first-order chi connectivity index (χ1) is 9.93. The molecule has 0 fully saturated rings. The Labute approximate surface area is 126 Å². The van der Waals surface area contributed by atoms with E-state index in [0.717, 1.165) is 16.8 Å². The highest BCUT2D eigenvalue weighted by molar-refractivity contribution is 5.93. The van der Waals surface area contributed by atoms with E-state index in [1.165, 1.54) is 7.11 Å². The largest absolute Gasteiger partial charge is 0.469 e. The summed E-state index contributed by atoms with van der Waals surface area (Å²) in [6.07, 6.45) is 1.05. The summed E-state index contributed by atoms with van der Waals surface area (Å²) in [5.74, 6) is -0.267. The Hall–Kier alpha value is -1.88. The number of carbonyl (C=O) groups excluding carboxylic acids is 2. The van der Waals surface area contributed by atoms with Crippen LogP contribution in [0.1, 0.15) is 24.0 Å². The summed E-state index contributed by atoms with van der Waals surface area (Å²) in [7, 11) is 3.24. The molecule has 1 amide bonds. The topological polar surface area (TPSA) is 58.6 Å². The smallest absolute Gasteiger partial charge is 0.305 e. The number of esters is 1. The monoisotopic (exact) mass is 292 g/mol. The third-order valence-corrected chi connectivity index (χ3v) is 3.31. The van der Waals surface area contributed by atoms with Gasteiger partial charge in [0.05, 0.1) is 13.7 Å². The number of anilines is 1. The fraction of sp³-hybridized carbons (Fsp3) is 0.500. The number of methoxy groups -OCH3 is 1. The van der Waals surface area contributed by atoms with E-state index in [2.05, 4.69) is 10.1 Å². The molecule has 0 bridgehead atoms. The van der Waals surface area contributed by atoms with E-state index in [1.807, 2.05) is 44.0 Å². The molecule has 0 saturated carbocycles. The van der Waals surface area contributed by atoms with Crippen molar-refractivity contribution in [3.8, 4) is 0 Å². The van der Waals surface area contributed by atoms with Gasteiger partial charge in [-0.2, -0.15) is 0 Å². The normalized spacial score (nSPS) is 10.5. The highest BCUT2D eigenvalue weighted by Crippen LogP contribution is 2.19. The number of aryl methyl sites for hydroxylation is 2. The van der Waals surface area contributed by atoms with E-state index >= 15 is 0 Å². The summed E-state index contributed by atoms with van der Waals surface area (Å²) >= 11 is 0. The van der Waals surface area contributed by atoms with Crippen molar-refractivity contribution in [2.45, 2.75) is 26.7 Å². The van der Waals surface area contributed by atoms with Crippen molar-refractivity contribution in [1.82, 2.24) is 4.90 Å². The number of hydrogen-bond acceptors (Lipinski definition) is 4. The van der Waals surface area contributed by atoms with Gasteiger partial charge < -0.3 is 10.1 Å². The molecule has 0 spiro atoms. The van der Waals surface area contributed by atoms with Crippen LogP contribution in [-0.4, -0.2) is 44.0 Å². The summed E-state index contributed by atoms with van der Waals surface area (Å²) < 4.78 is 4.58. The predicted molar refractivity (Wildman–Crippen MR) is 83.3 cm³/mol. The maximum Gasteiger partial charge on any atom is 0.305 e. The minimum Gasteiger partial charge on any atom is -0.469 e. The number of nitrogens with one attached hydrogen (secondary N) is 1. The number of benzene rings is 1. The van der Waals surface area contributed by atoms with Gasteiger partial charge in [0.25, 0.3) is 0 Å². The third-order valence-electron chi connectivity index (χ3n) is 3.31. The second-order valence-corrected chi connectivity index (χ2v) is 5.23. The minimum absolute atomic E-state index is 0.0482. The summed E-state index contributed by atoms with van der Waals surface area (Å²) in [6.45, 7) is 4.93. The zero-order valence-electron chi connectivity index (χ0n) is 13.2. The van der Waals surface area contributed by atoms with E-state index < -0.39 is 0 Å². The fourth-order valence-electron chi connectivity index (χ4n) is 2.11. The molecule has 0 heterocycles. The molecule has 21 heavy (non-hydrogen) atoms. The molecule has 0 radical (unpaired) electrons. The van der Waals surface area contributed by atoms with Crippen molar-refractivity contribution >= 4 is 17.6 Å². The molecule has 0 aliphatic rings. The molecule has 0 unspecified atom stereocenters. The van der Waals surface area contributed by atoms with Crippen LogP contribution in [0.2, 0.25) is 0 Å². The van der Waals surface area contributed by atoms with Crippen LogP contribution in [0.4, 0.5) is 5.69 Å². The second kappa shape index (κ2) is 8.42. The minimum atomic E-state index is -0.219. The van der Waals surface area contributed by atoms with E-state index in [9.17, 15) is 9.59 Å². The molecule has 0 aliphatic carbocycles. The van der Waals surface area contributed by atoms with Gasteiger partial charge in [-0.1, -0.05) is 18.2 Å². The van der Waals surface area contributed by atoms with E-state index in [1.54, 1.807) is 0 Å². The van der Waals surface area contributed by atoms with E-state index in [-0.39, 0.29) is 11.9 Å². The van der Waals surface area contributed by atoms with Crippen LogP contribution in [0.3, 0.4) is 0 Å². The van der Waals surface area contributed by atoms with Gasteiger partial charge in [-0.25, -0.2) is 0 Å². The van der Waals surface area contributed by atoms with Crippen LogP contribution in [-0.2, 0) is 14.3 Å². The lowest BCUT2D eigenvalue weighted by atomic mass is 10.1. The molecular formula is C16H24N2O3. The quantitative estimate of drug-likeness (QED) is 0.782. The summed E-state index contributed by atoms with van der Waals surface area (Å²) in [4.78, 5) is 24.9. The Morgan fingerprint density at radius 3 is 2.43 bits per heavy atom. The van der Waals surface area contributed by atoms with Crippen LogP contribution in [0, 0.1) is 13.8 Å². The zero-order chi connectivity index (χ0) is 15.8. The van der Waals surface area contributed by atoms with Crippen LogP contribution < -0.4 is 5.32 Å². The molecule has 0 aliphatic heterocycles. The first-order valence-electron chi connectivity index (χ1n) is 7.05. The predicted octanol–water partition coefficient (Wildman–Crippen LogP) is 2.13. The Balaban J connectivity index is 2.41. The van der Waals surface area contributed by atoms with E-state index in [4.69, 9.17) is 0 Å². The van der Waals surface area contributed by atoms with Gasteiger partial charge in [-0.15, -0.1) is 0 Å².